The molecule has 0 spiro atoms. The van der Waals surface area contributed by atoms with Crippen molar-refractivity contribution < 1.29 is 14.7 Å². The fourth-order valence-corrected chi connectivity index (χ4v) is 1.15. The minimum absolute atomic E-state index is 0.133. The van der Waals surface area contributed by atoms with Crippen LogP contribution in [0.25, 0.3) is 0 Å². The van der Waals surface area contributed by atoms with Crippen molar-refractivity contribution in [1.82, 2.24) is 10.2 Å². The van der Waals surface area contributed by atoms with E-state index in [1.807, 2.05) is 0 Å². The third-order valence-corrected chi connectivity index (χ3v) is 2.47. The van der Waals surface area contributed by atoms with Crippen LogP contribution in [0.5, 0.6) is 0 Å². The fraction of sp³-hybridized carbons (Fsp3) is 0.818. The van der Waals surface area contributed by atoms with Crippen LogP contribution in [-0.4, -0.2) is 42.1 Å². The summed E-state index contributed by atoms with van der Waals surface area (Å²) in [6, 6.07) is -0.133. The normalized spacial score (nSPS) is 11.9. The van der Waals surface area contributed by atoms with E-state index < -0.39 is 11.9 Å². The van der Waals surface area contributed by atoms with E-state index in [2.05, 4.69) is 12.2 Å². The van der Waals surface area contributed by atoms with E-state index in [-0.39, 0.29) is 6.03 Å². The smallest absolute Gasteiger partial charge is 0.317 e. The molecule has 0 aliphatic rings. The van der Waals surface area contributed by atoms with Gasteiger partial charge in [0.05, 0.1) is 5.92 Å². The summed E-state index contributed by atoms with van der Waals surface area (Å²) >= 11 is 0. The largest absolute Gasteiger partial charge is 0.481 e. The van der Waals surface area contributed by atoms with Crippen molar-refractivity contribution in [3.63, 3.8) is 0 Å². The first-order valence-electron chi connectivity index (χ1n) is 5.70. The molecule has 1 atom stereocenters. The molecule has 1 unspecified atom stereocenters. The summed E-state index contributed by atoms with van der Waals surface area (Å²) in [5.74, 6) is -1.24. The molecule has 0 fully saturated rings. The van der Waals surface area contributed by atoms with Gasteiger partial charge < -0.3 is 15.3 Å². The molecule has 0 aliphatic heterocycles. The predicted octanol–water partition coefficient (Wildman–Crippen LogP) is 1.54. The first-order valence-corrected chi connectivity index (χ1v) is 5.70. The van der Waals surface area contributed by atoms with Gasteiger partial charge in [0.1, 0.15) is 0 Å². The van der Waals surface area contributed by atoms with Gasteiger partial charge in [-0.15, -0.1) is 0 Å². The minimum Gasteiger partial charge on any atom is -0.481 e. The Hall–Kier alpha value is -1.26. The Labute approximate surface area is 96.8 Å². The lowest BCUT2D eigenvalue weighted by Crippen LogP contribution is -2.38. The highest BCUT2D eigenvalue weighted by Gasteiger charge is 2.12. The molecule has 0 saturated carbocycles. The van der Waals surface area contributed by atoms with Gasteiger partial charge in [-0.1, -0.05) is 20.3 Å². The van der Waals surface area contributed by atoms with Crippen LogP contribution in [-0.2, 0) is 4.79 Å². The van der Waals surface area contributed by atoms with Gasteiger partial charge in [0.25, 0.3) is 0 Å². The Bertz CT molecular complexity index is 231. The summed E-state index contributed by atoms with van der Waals surface area (Å²) < 4.78 is 0. The molecule has 0 aromatic rings. The van der Waals surface area contributed by atoms with E-state index in [1.165, 1.54) is 0 Å². The highest BCUT2D eigenvalue weighted by molar-refractivity contribution is 5.74. The molecule has 0 rings (SSSR count). The van der Waals surface area contributed by atoms with Gasteiger partial charge in [-0.05, 0) is 12.8 Å². The molecule has 0 heterocycles. The van der Waals surface area contributed by atoms with Crippen molar-refractivity contribution in [2.75, 3.05) is 20.1 Å². The average molecular weight is 230 g/mol. The second-order valence-electron chi connectivity index (χ2n) is 4.03. The van der Waals surface area contributed by atoms with Gasteiger partial charge in [0, 0.05) is 20.1 Å². The van der Waals surface area contributed by atoms with Crippen LogP contribution in [0.15, 0.2) is 0 Å². The summed E-state index contributed by atoms with van der Waals surface area (Å²) in [6.07, 6.45) is 2.49. The van der Waals surface area contributed by atoms with Crippen LogP contribution in [0.3, 0.4) is 0 Å². The standard InChI is InChI=1S/C11H22N2O3/c1-4-5-8-13(3)11(16)12-7-6-9(2)10(14)15/h9H,4-8H2,1-3H3,(H,12,16)(H,14,15). The zero-order valence-corrected chi connectivity index (χ0v) is 10.3. The number of hydrogen-bond donors (Lipinski definition) is 2. The Balaban J connectivity index is 3.68. The monoisotopic (exact) mass is 230 g/mol. The van der Waals surface area contributed by atoms with E-state index in [4.69, 9.17) is 5.11 Å². The van der Waals surface area contributed by atoms with Crippen molar-refractivity contribution in [3.05, 3.63) is 0 Å². The molecular weight excluding hydrogens is 208 g/mol. The summed E-state index contributed by atoms with van der Waals surface area (Å²) in [7, 11) is 1.74. The number of hydrogen-bond acceptors (Lipinski definition) is 2. The molecule has 5 nitrogen and oxygen atoms in total. The number of carboxylic acid groups (broad SMARTS) is 1. The third kappa shape index (κ3) is 6.27. The van der Waals surface area contributed by atoms with Crippen molar-refractivity contribution >= 4 is 12.0 Å². The summed E-state index contributed by atoms with van der Waals surface area (Å²) in [5.41, 5.74) is 0. The van der Waals surface area contributed by atoms with Gasteiger partial charge in [-0.3, -0.25) is 4.79 Å². The highest BCUT2D eigenvalue weighted by Crippen LogP contribution is 2.00. The van der Waals surface area contributed by atoms with Crippen LogP contribution >= 0.6 is 0 Å². The van der Waals surface area contributed by atoms with Crippen molar-refractivity contribution in [2.45, 2.75) is 33.1 Å². The van der Waals surface area contributed by atoms with E-state index in [0.29, 0.717) is 13.0 Å². The number of rotatable bonds is 7. The van der Waals surface area contributed by atoms with Crippen LogP contribution in [0.1, 0.15) is 33.1 Å². The number of nitrogens with zero attached hydrogens (tertiary/aromatic N) is 1. The number of aliphatic carboxylic acids is 1. The fourth-order valence-electron chi connectivity index (χ4n) is 1.15. The number of carboxylic acids is 1. The van der Waals surface area contributed by atoms with Crippen LogP contribution in [0.4, 0.5) is 4.79 Å². The van der Waals surface area contributed by atoms with E-state index in [1.54, 1.807) is 18.9 Å². The molecule has 0 radical (unpaired) electrons. The summed E-state index contributed by atoms with van der Waals surface area (Å²) in [6.45, 7) is 4.84. The van der Waals surface area contributed by atoms with Gasteiger partial charge in [0.2, 0.25) is 0 Å². The van der Waals surface area contributed by atoms with Gasteiger partial charge in [-0.2, -0.15) is 0 Å². The lowest BCUT2D eigenvalue weighted by atomic mass is 10.1. The highest BCUT2D eigenvalue weighted by atomic mass is 16.4. The average Bonchev–Trinajstić information content (AvgIpc) is 2.25. The van der Waals surface area contributed by atoms with Crippen LogP contribution in [0.2, 0.25) is 0 Å². The van der Waals surface area contributed by atoms with E-state index in [0.717, 1.165) is 19.4 Å². The van der Waals surface area contributed by atoms with Gasteiger partial charge in [0.15, 0.2) is 0 Å². The third-order valence-electron chi connectivity index (χ3n) is 2.47. The molecule has 2 amide bonds. The molecule has 0 aromatic carbocycles. The molecule has 0 bridgehead atoms. The first kappa shape index (κ1) is 14.7. The number of carbonyl (C=O) groups is 2. The zero-order valence-electron chi connectivity index (χ0n) is 10.3. The lowest BCUT2D eigenvalue weighted by Gasteiger charge is -2.17. The topological polar surface area (TPSA) is 69.6 Å². The molecule has 16 heavy (non-hydrogen) atoms. The maximum Gasteiger partial charge on any atom is 0.317 e. The van der Waals surface area contributed by atoms with E-state index >= 15 is 0 Å². The zero-order chi connectivity index (χ0) is 12.6. The Morgan fingerprint density at radius 2 is 2.06 bits per heavy atom. The second kappa shape index (κ2) is 7.96. The second-order valence-corrected chi connectivity index (χ2v) is 4.03. The number of nitrogens with one attached hydrogen (secondary N) is 1. The molecule has 0 saturated heterocycles. The van der Waals surface area contributed by atoms with Gasteiger partial charge >= 0.3 is 12.0 Å². The number of urea groups is 1. The van der Waals surface area contributed by atoms with Crippen LogP contribution < -0.4 is 5.32 Å². The van der Waals surface area contributed by atoms with Crippen molar-refractivity contribution in [1.29, 1.82) is 0 Å². The maximum absolute atomic E-state index is 11.5. The molecule has 94 valence electrons. The number of carbonyl (C=O) groups excluding carboxylic acids is 1. The Morgan fingerprint density at radius 3 is 2.56 bits per heavy atom. The minimum atomic E-state index is -0.825. The molecule has 0 aliphatic carbocycles. The number of amides is 2. The molecular formula is C11H22N2O3. The lowest BCUT2D eigenvalue weighted by molar-refractivity contribution is -0.141. The maximum atomic E-state index is 11.5. The SMILES string of the molecule is CCCCN(C)C(=O)NCCC(C)C(=O)O. The first-order chi connectivity index (χ1) is 7.49. The predicted molar refractivity (Wildman–Crippen MR) is 62.4 cm³/mol. The van der Waals surface area contributed by atoms with Crippen molar-refractivity contribution in [2.24, 2.45) is 5.92 Å². The number of unbranched alkanes of at least 4 members (excludes halogenated alkanes) is 1. The summed E-state index contributed by atoms with van der Waals surface area (Å²) in [5, 5.41) is 11.4. The Kier molecular flexibility index (Phi) is 7.33. The van der Waals surface area contributed by atoms with E-state index in [9.17, 15) is 9.59 Å². The molecule has 5 heteroatoms. The quantitative estimate of drug-likeness (QED) is 0.697. The van der Waals surface area contributed by atoms with Crippen LogP contribution in [0, 0.1) is 5.92 Å². The Morgan fingerprint density at radius 1 is 1.44 bits per heavy atom. The summed E-state index contributed by atoms with van der Waals surface area (Å²) in [4.78, 5) is 23.6. The molecule has 2 N–H and O–H groups in total. The molecule has 0 aromatic heterocycles. The van der Waals surface area contributed by atoms with Crippen molar-refractivity contribution in [3.8, 4) is 0 Å². The van der Waals surface area contributed by atoms with Gasteiger partial charge in [-0.25, -0.2) is 4.79 Å².